The monoisotopic (exact) mass is 367 g/mol. The van der Waals surface area contributed by atoms with Gasteiger partial charge in [-0.2, -0.15) is 4.31 Å². The van der Waals surface area contributed by atoms with E-state index in [4.69, 9.17) is 4.74 Å². The molecular formula is C21H21NO3S. The summed E-state index contributed by atoms with van der Waals surface area (Å²) in [4.78, 5) is 0.347. The molecule has 1 aliphatic rings. The normalized spacial score (nSPS) is 18.4. The summed E-state index contributed by atoms with van der Waals surface area (Å²) in [6.07, 6.45) is 0.657. The summed E-state index contributed by atoms with van der Waals surface area (Å²) < 4.78 is 33.4. The Bertz CT molecular complexity index is 1000. The zero-order chi connectivity index (χ0) is 18.0. The number of fused-ring (bicyclic) bond motifs is 1. The van der Waals surface area contributed by atoms with E-state index in [-0.39, 0.29) is 6.10 Å². The first-order valence-electron chi connectivity index (χ1n) is 8.77. The van der Waals surface area contributed by atoms with Crippen molar-refractivity contribution in [1.82, 2.24) is 4.31 Å². The van der Waals surface area contributed by atoms with E-state index >= 15 is 0 Å². The van der Waals surface area contributed by atoms with E-state index in [0.717, 1.165) is 22.8 Å². The van der Waals surface area contributed by atoms with Crippen molar-refractivity contribution in [3.8, 4) is 0 Å². The van der Waals surface area contributed by atoms with E-state index in [0.29, 0.717) is 24.6 Å². The third-order valence-electron chi connectivity index (χ3n) is 4.79. The molecule has 4 nitrogen and oxygen atoms in total. The third kappa shape index (κ3) is 3.51. The maximum absolute atomic E-state index is 13.0. The molecule has 1 aliphatic heterocycles. The summed E-state index contributed by atoms with van der Waals surface area (Å²) in [6, 6.07) is 23.0. The first kappa shape index (κ1) is 17.2. The highest BCUT2D eigenvalue weighted by molar-refractivity contribution is 7.89. The number of nitrogens with zero attached hydrogens (tertiary/aromatic N) is 1. The van der Waals surface area contributed by atoms with Gasteiger partial charge >= 0.3 is 0 Å². The van der Waals surface area contributed by atoms with Crippen molar-refractivity contribution >= 4 is 20.8 Å². The van der Waals surface area contributed by atoms with Gasteiger partial charge in [0.05, 0.1) is 17.6 Å². The van der Waals surface area contributed by atoms with E-state index < -0.39 is 10.0 Å². The Morgan fingerprint density at radius 3 is 2.46 bits per heavy atom. The molecule has 0 radical (unpaired) electrons. The van der Waals surface area contributed by atoms with Crippen LogP contribution in [-0.4, -0.2) is 31.9 Å². The molecule has 1 heterocycles. The molecule has 3 aromatic carbocycles. The Balaban J connectivity index is 1.46. The number of sulfonamides is 1. The molecule has 1 saturated heterocycles. The maximum atomic E-state index is 13.0. The van der Waals surface area contributed by atoms with Gasteiger partial charge in [0, 0.05) is 13.1 Å². The van der Waals surface area contributed by atoms with Crippen LogP contribution >= 0.6 is 0 Å². The minimum absolute atomic E-state index is 0.0644. The molecule has 5 heteroatoms. The number of rotatable bonds is 5. The van der Waals surface area contributed by atoms with Gasteiger partial charge in [-0.25, -0.2) is 8.42 Å². The first-order chi connectivity index (χ1) is 12.6. The lowest BCUT2D eigenvalue weighted by molar-refractivity contribution is 0.0509. The van der Waals surface area contributed by atoms with Crippen LogP contribution in [0.15, 0.2) is 77.7 Å². The van der Waals surface area contributed by atoms with Gasteiger partial charge in [-0.15, -0.1) is 0 Å². The summed E-state index contributed by atoms with van der Waals surface area (Å²) in [7, 11) is -3.49. The molecular weight excluding hydrogens is 346 g/mol. The molecule has 1 atom stereocenters. The molecule has 0 amide bonds. The zero-order valence-corrected chi connectivity index (χ0v) is 15.2. The molecule has 4 rings (SSSR count). The maximum Gasteiger partial charge on any atom is 0.243 e. The summed E-state index contributed by atoms with van der Waals surface area (Å²) in [6.45, 7) is 1.41. The third-order valence-corrected chi connectivity index (χ3v) is 6.66. The van der Waals surface area contributed by atoms with Crippen molar-refractivity contribution in [2.75, 3.05) is 13.1 Å². The van der Waals surface area contributed by atoms with Crippen molar-refractivity contribution < 1.29 is 13.2 Å². The zero-order valence-electron chi connectivity index (χ0n) is 14.4. The van der Waals surface area contributed by atoms with Gasteiger partial charge in [0.2, 0.25) is 10.0 Å². The summed E-state index contributed by atoms with van der Waals surface area (Å²) in [5.41, 5.74) is 1.10. The quantitative estimate of drug-likeness (QED) is 0.689. The number of hydrogen-bond acceptors (Lipinski definition) is 3. The number of hydrogen-bond donors (Lipinski definition) is 0. The van der Waals surface area contributed by atoms with Gasteiger partial charge in [0.15, 0.2) is 0 Å². The van der Waals surface area contributed by atoms with Gasteiger partial charge in [0.25, 0.3) is 0 Å². The van der Waals surface area contributed by atoms with Crippen molar-refractivity contribution in [2.45, 2.75) is 24.0 Å². The van der Waals surface area contributed by atoms with E-state index in [1.165, 1.54) is 4.31 Å². The summed E-state index contributed by atoms with van der Waals surface area (Å²) >= 11 is 0. The Morgan fingerprint density at radius 2 is 1.65 bits per heavy atom. The van der Waals surface area contributed by atoms with Crippen LogP contribution in [0, 0.1) is 0 Å². The van der Waals surface area contributed by atoms with E-state index in [2.05, 4.69) is 0 Å². The van der Waals surface area contributed by atoms with Gasteiger partial charge < -0.3 is 4.74 Å². The average Bonchev–Trinajstić information content (AvgIpc) is 3.17. The molecule has 3 aromatic rings. The van der Waals surface area contributed by atoms with Crippen LogP contribution in [0.25, 0.3) is 10.8 Å². The summed E-state index contributed by atoms with van der Waals surface area (Å²) in [5.74, 6) is 0. The predicted octanol–water partition coefficient (Wildman–Crippen LogP) is 3.82. The second-order valence-electron chi connectivity index (χ2n) is 6.58. The largest absolute Gasteiger partial charge is 0.372 e. The Hall–Kier alpha value is -2.21. The molecule has 134 valence electrons. The van der Waals surface area contributed by atoms with E-state index in [9.17, 15) is 8.42 Å². The van der Waals surface area contributed by atoms with Gasteiger partial charge in [0.1, 0.15) is 0 Å². The Morgan fingerprint density at radius 1 is 0.923 bits per heavy atom. The first-order valence-corrected chi connectivity index (χ1v) is 10.2. The molecule has 0 bridgehead atoms. The molecule has 1 fully saturated rings. The van der Waals surface area contributed by atoms with Crippen LogP contribution in [0.4, 0.5) is 0 Å². The fraction of sp³-hybridized carbons (Fsp3) is 0.238. The van der Waals surface area contributed by atoms with Crippen LogP contribution in [-0.2, 0) is 21.4 Å². The highest BCUT2D eigenvalue weighted by Crippen LogP contribution is 2.25. The van der Waals surface area contributed by atoms with Gasteiger partial charge in [-0.3, -0.25) is 0 Å². The van der Waals surface area contributed by atoms with Crippen LogP contribution in [0.1, 0.15) is 12.0 Å². The van der Waals surface area contributed by atoms with Crippen LogP contribution in [0.2, 0.25) is 0 Å². The molecule has 0 N–H and O–H groups in total. The predicted molar refractivity (Wildman–Crippen MR) is 102 cm³/mol. The van der Waals surface area contributed by atoms with Crippen molar-refractivity contribution in [3.63, 3.8) is 0 Å². The van der Waals surface area contributed by atoms with Gasteiger partial charge in [-0.1, -0.05) is 60.7 Å². The molecule has 26 heavy (non-hydrogen) atoms. The van der Waals surface area contributed by atoms with E-state index in [1.54, 1.807) is 12.1 Å². The molecule has 0 aromatic heterocycles. The van der Waals surface area contributed by atoms with Crippen LogP contribution in [0.3, 0.4) is 0 Å². The lowest BCUT2D eigenvalue weighted by atomic mass is 10.1. The SMILES string of the molecule is O=S(=O)(c1ccc2ccccc2c1)N1CCC(OCc2ccccc2)C1. The standard InChI is InChI=1S/C21H21NO3S/c23-26(24,21-11-10-18-8-4-5-9-19(18)14-21)22-13-12-20(15-22)25-16-17-6-2-1-3-7-17/h1-11,14,20H,12-13,15-16H2. The van der Waals surface area contributed by atoms with Crippen LogP contribution in [0.5, 0.6) is 0 Å². The summed E-state index contributed by atoms with van der Waals surface area (Å²) in [5, 5.41) is 1.97. The van der Waals surface area contributed by atoms with E-state index in [1.807, 2.05) is 60.7 Å². The topological polar surface area (TPSA) is 46.6 Å². The highest BCUT2D eigenvalue weighted by Gasteiger charge is 2.33. The molecule has 0 aliphatic carbocycles. The minimum Gasteiger partial charge on any atom is -0.372 e. The second kappa shape index (κ2) is 7.19. The Labute approximate surface area is 154 Å². The smallest absolute Gasteiger partial charge is 0.243 e. The minimum atomic E-state index is -3.49. The van der Waals surface area contributed by atoms with Crippen molar-refractivity contribution in [3.05, 3.63) is 78.4 Å². The number of benzene rings is 3. The van der Waals surface area contributed by atoms with Crippen molar-refractivity contribution in [1.29, 1.82) is 0 Å². The van der Waals surface area contributed by atoms with Crippen molar-refractivity contribution in [2.24, 2.45) is 0 Å². The molecule has 1 unspecified atom stereocenters. The number of ether oxygens (including phenoxy) is 1. The fourth-order valence-electron chi connectivity index (χ4n) is 3.32. The lowest BCUT2D eigenvalue weighted by Gasteiger charge is -2.17. The molecule has 0 saturated carbocycles. The average molecular weight is 367 g/mol. The fourth-order valence-corrected chi connectivity index (χ4v) is 4.84. The lowest BCUT2D eigenvalue weighted by Crippen LogP contribution is -2.30. The second-order valence-corrected chi connectivity index (χ2v) is 8.52. The highest BCUT2D eigenvalue weighted by atomic mass is 32.2. The van der Waals surface area contributed by atoms with Gasteiger partial charge in [-0.05, 0) is 34.9 Å². The van der Waals surface area contributed by atoms with Crippen LogP contribution < -0.4 is 0 Å². The molecule has 0 spiro atoms. The Kier molecular flexibility index (Phi) is 4.76.